The number of hydrogen-bond acceptors (Lipinski definition) is 3. The molecule has 1 aromatic rings. The molecule has 0 heterocycles. The minimum Gasteiger partial charge on any atom is -0.351 e. The Morgan fingerprint density at radius 1 is 1.27 bits per heavy atom. The third-order valence-corrected chi connectivity index (χ3v) is 2.42. The highest BCUT2D eigenvalue weighted by Crippen LogP contribution is 2.06. The summed E-state index contributed by atoms with van der Waals surface area (Å²) in [6, 6.07) is 7.47. The summed E-state index contributed by atoms with van der Waals surface area (Å²) in [6.45, 7) is 1.42. The topological polar surface area (TPSA) is 41.1 Å². The molecule has 0 radical (unpaired) electrons. The molecule has 0 aromatic heterocycles. The van der Waals surface area contributed by atoms with E-state index in [1.807, 2.05) is 31.3 Å². The third-order valence-electron chi connectivity index (χ3n) is 2.06. The Morgan fingerprint density at radius 2 is 1.93 bits per heavy atom. The van der Waals surface area contributed by atoms with E-state index in [2.05, 4.69) is 23.3 Å². The van der Waals surface area contributed by atoms with Gasteiger partial charge in [-0.2, -0.15) is 12.6 Å². The first-order chi connectivity index (χ1) is 7.27. The average molecular weight is 224 g/mol. The van der Waals surface area contributed by atoms with Crippen LogP contribution in [-0.4, -0.2) is 26.0 Å². The van der Waals surface area contributed by atoms with Gasteiger partial charge in [-0.1, -0.05) is 12.1 Å². The number of hydrogen-bond donors (Lipinski definition) is 3. The van der Waals surface area contributed by atoms with Crippen molar-refractivity contribution in [1.29, 1.82) is 0 Å². The molecule has 0 fully saturated rings. The quantitative estimate of drug-likeness (QED) is 0.517. The second-order valence-electron chi connectivity index (χ2n) is 3.21. The third kappa shape index (κ3) is 3.93. The zero-order valence-corrected chi connectivity index (χ0v) is 9.68. The number of carbonyl (C=O) groups is 1. The minimum atomic E-state index is -0.0315. The molecule has 0 spiro atoms. The molecule has 0 aliphatic heterocycles. The molecule has 0 saturated heterocycles. The summed E-state index contributed by atoms with van der Waals surface area (Å²) in [7, 11) is 1.85. The second-order valence-corrected chi connectivity index (χ2v) is 3.53. The monoisotopic (exact) mass is 224 g/mol. The standard InChI is InChI=1S/C11H16N2OS/c1-12-6-7-13-11(14)10-4-2-9(8-15)3-5-10/h2-5,12,15H,6-8H2,1H3,(H,13,14). The zero-order valence-electron chi connectivity index (χ0n) is 8.79. The van der Waals surface area contributed by atoms with Gasteiger partial charge in [0.1, 0.15) is 0 Å². The maximum Gasteiger partial charge on any atom is 0.251 e. The van der Waals surface area contributed by atoms with Crippen molar-refractivity contribution in [1.82, 2.24) is 10.6 Å². The van der Waals surface area contributed by atoms with Crippen molar-refractivity contribution in [2.24, 2.45) is 0 Å². The Labute approximate surface area is 95.7 Å². The smallest absolute Gasteiger partial charge is 0.251 e. The normalized spacial score (nSPS) is 10.0. The lowest BCUT2D eigenvalue weighted by atomic mass is 10.1. The van der Waals surface area contributed by atoms with Crippen LogP contribution in [0, 0.1) is 0 Å². The number of amides is 1. The van der Waals surface area contributed by atoms with Crippen molar-refractivity contribution in [2.75, 3.05) is 20.1 Å². The van der Waals surface area contributed by atoms with E-state index in [9.17, 15) is 4.79 Å². The fourth-order valence-electron chi connectivity index (χ4n) is 1.16. The van der Waals surface area contributed by atoms with E-state index in [-0.39, 0.29) is 5.91 Å². The Morgan fingerprint density at radius 3 is 2.47 bits per heavy atom. The largest absolute Gasteiger partial charge is 0.351 e. The van der Waals surface area contributed by atoms with Crippen LogP contribution < -0.4 is 10.6 Å². The average Bonchev–Trinajstić information content (AvgIpc) is 2.29. The van der Waals surface area contributed by atoms with Gasteiger partial charge < -0.3 is 10.6 Å². The van der Waals surface area contributed by atoms with Crippen molar-refractivity contribution in [3.05, 3.63) is 35.4 Å². The molecule has 15 heavy (non-hydrogen) atoms. The molecule has 0 saturated carbocycles. The van der Waals surface area contributed by atoms with E-state index in [4.69, 9.17) is 0 Å². The van der Waals surface area contributed by atoms with Crippen LogP contribution in [0.2, 0.25) is 0 Å². The van der Waals surface area contributed by atoms with Gasteiger partial charge in [0.15, 0.2) is 0 Å². The fourth-order valence-corrected chi connectivity index (χ4v) is 1.38. The van der Waals surface area contributed by atoms with E-state index >= 15 is 0 Å². The second kappa shape index (κ2) is 6.48. The number of likely N-dealkylation sites (N-methyl/N-ethyl adjacent to an activating group) is 1. The highest BCUT2D eigenvalue weighted by Gasteiger charge is 2.03. The molecule has 0 aliphatic carbocycles. The summed E-state index contributed by atoms with van der Waals surface area (Å²) in [6.07, 6.45) is 0. The summed E-state index contributed by atoms with van der Waals surface area (Å²) in [4.78, 5) is 11.6. The Balaban J connectivity index is 2.50. The highest BCUT2D eigenvalue weighted by atomic mass is 32.1. The molecule has 0 bridgehead atoms. The van der Waals surface area contributed by atoms with E-state index < -0.39 is 0 Å². The molecule has 0 atom stereocenters. The molecule has 0 unspecified atom stereocenters. The minimum absolute atomic E-state index is 0.0315. The van der Waals surface area contributed by atoms with Crippen LogP contribution in [0.4, 0.5) is 0 Å². The lowest BCUT2D eigenvalue weighted by Gasteiger charge is -2.05. The van der Waals surface area contributed by atoms with Crippen molar-refractivity contribution in [3.63, 3.8) is 0 Å². The van der Waals surface area contributed by atoms with Crippen LogP contribution in [0.25, 0.3) is 0 Å². The number of nitrogens with one attached hydrogen (secondary N) is 2. The van der Waals surface area contributed by atoms with Gasteiger partial charge in [-0.3, -0.25) is 4.79 Å². The number of thiol groups is 1. The van der Waals surface area contributed by atoms with E-state index in [0.717, 1.165) is 12.1 Å². The first-order valence-electron chi connectivity index (χ1n) is 4.90. The van der Waals surface area contributed by atoms with Crippen LogP contribution in [-0.2, 0) is 5.75 Å². The molecule has 82 valence electrons. The first kappa shape index (κ1) is 12.1. The maximum atomic E-state index is 11.6. The predicted molar refractivity (Wildman–Crippen MR) is 65.4 cm³/mol. The molecule has 4 heteroatoms. The van der Waals surface area contributed by atoms with Crippen LogP contribution in [0.15, 0.2) is 24.3 Å². The molecular weight excluding hydrogens is 208 g/mol. The van der Waals surface area contributed by atoms with Gasteiger partial charge in [-0.25, -0.2) is 0 Å². The molecule has 3 nitrogen and oxygen atoms in total. The van der Waals surface area contributed by atoms with Crippen LogP contribution in [0.1, 0.15) is 15.9 Å². The summed E-state index contributed by atoms with van der Waals surface area (Å²) in [5.41, 5.74) is 1.81. The van der Waals surface area contributed by atoms with E-state index in [1.54, 1.807) is 0 Å². The van der Waals surface area contributed by atoms with E-state index in [1.165, 1.54) is 0 Å². The number of benzene rings is 1. The SMILES string of the molecule is CNCCNC(=O)c1ccc(CS)cc1. The van der Waals surface area contributed by atoms with Crippen molar-refractivity contribution >= 4 is 18.5 Å². The molecule has 1 rings (SSSR count). The lowest BCUT2D eigenvalue weighted by Crippen LogP contribution is -2.30. The first-order valence-corrected chi connectivity index (χ1v) is 5.53. The summed E-state index contributed by atoms with van der Waals surface area (Å²) >= 11 is 4.16. The predicted octanol–water partition coefficient (Wildman–Crippen LogP) is 1.07. The van der Waals surface area contributed by atoms with Crippen LogP contribution in [0.3, 0.4) is 0 Å². The highest BCUT2D eigenvalue weighted by molar-refractivity contribution is 7.79. The summed E-state index contributed by atoms with van der Waals surface area (Å²) < 4.78 is 0. The van der Waals surface area contributed by atoms with Crippen molar-refractivity contribution in [3.8, 4) is 0 Å². The Bertz CT molecular complexity index is 311. The van der Waals surface area contributed by atoms with Gasteiger partial charge in [0, 0.05) is 24.4 Å². The maximum absolute atomic E-state index is 11.6. The number of carbonyl (C=O) groups excluding carboxylic acids is 1. The van der Waals surface area contributed by atoms with Gasteiger partial charge in [0.05, 0.1) is 0 Å². The summed E-state index contributed by atoms with van der Waals surface area (Å²) in [5.74, 6) is 0.665. The number of rotatable bonds is 5. The van der Waals surface area contributed by atoms with Gasteiger partial charge in [0.25, 0.3) is 5.91 Å². The van der Waals surface area contributed by atoms with Gasteiger partial charge >= 0.3 is 0 Å². The van der Waals surface area contributed by atoms with Crippen molar-refractivity contribution in [2.45, 2.75) is 5.75 Å². The van der Waals surface area contributed by atoms with Crippen molar-refractivity contribution < 1.29 is 4.79 Å². The fraction of sp³-hybridized carbons (Fsp3) is 0.364. The molecule has 1 aromatic carbocycles. The Kier molecular flexibility index (Phi) is 5.21. The zero-order chi connectivity index (χ0) is 11.1. The van der Waals surface area contributed by atoms with Crippen LogP contribution >= 0.6 is 12.6 Å². The van der Waals surface area contributed by atoms with Gasteiger partial charge in [-0.05, 0) is 24.7 Å². The molecule has 0 aliphatic rings. The van der Waals surface area contributed by atoms with Crippen LogP contribution in [0.5, 0.6) is 0 Å². The molecule has 2 N–H and O–H groups in total. The van der Waals surface area contributed by atoms with Gasteiger partial charge in [-0.15, -0.1) is 0 Å². The van der Waals surface area contributed by atoms with E-state index in [0.29, 0.717) is 17.9 Å². The summed E-state index contributed by atoms with van der Waals surface area (Å²) in [5, 5.41) is 5.78. The molecular formula is C11H16N2OS. The Hall–Kier alpha value is -1.00. The lowest BCUT2D eigenvalue weighted by molar-refractivity contribution is 0.0954. The molecule has 1 amide bonds. The van der Waals surface area contributed by atoms with Gasteiger partial charge in [0.2, 0.25) is 0 Å².